The number of halogens is 3. The average Bonchev–Trinajstić information content (AvgIpc) is 3.17. The number of hydrogen-bond acceptors (Lipinski definition) is 6. The highest BCUT2D eigenvalue weighted by Crippen LogP contribution is 2.30. The summed E-state index contributed by atoms with van der Waals surface area (Å²) in [6.07, 6.45) is -4.98. The van der Waals surface area contributed by atoms with Gasteiger partial charge in [0.2, 0.25) is 0 Å². The Kier molecular flexibility index (Phi) is 7.10. The summed E-state index contributed by atoms with van der Waals surface area (Å²) in [5.41, 5.74) is -0.818. The molecule has 0 spiro atoms. The number of amides is 2. The van der Waals surface area contributed by atoms with Gasteiger partial charge in [-0.1, -0.05) is 18.2 Å². The fourth-order valence-corrected chi connectivity index (χ4v) is 3.23. The molecule has 1 aliphatic rings. The molecular weight excluding hydrogens is 445 g/mol. The van der Waals surface area contributed by atoms with Crippen LogP contribution in [0.5, 0.6) is 0 Å². The van der Waals surface area contributed by atoms with Crippen molar-refractivity contribution < 1.29 is 41.4 Å². The van der Waals surface area contributed by atoms with Gasteiger partial charge in [0, 0.05) is 0 Å². The van der Waals surface area contributed by atoms with Gasteiger partial charge in [0.1, 0.15) is 24.2 Å². The monoisotopic (exact) mass is 466 g/mol. The predicted octanol–water partition coefficient (Wildman–Crippen LogP) is 3.56. The molecule has 1 aliphatic heterocycles. The number of alkyl halides is 3. The molecular formula is C22H21F3N2O6. The van der Waals surface area contributed by atoms with Crippen LogP contribution in [0.2, 0.25) is 0 Å². The van der Waals surface area contributed by atoms with Crippen LogP contribution >= 0.6 is 0 Å². The standard InChI is InChI=1S/C22H21F3N2O6/c1-3-31-20(29)18-15(26-21(30)27-19(18)16-8-7-12(2)33-16)11-32-17(28)10-13-5-4-6-14(9-13)22(23,24)25/h4-9,19H,3,10-11H2,1-2H3,(H2,26,27,30)/t19-/m0/s1. The molecule has 0 radical (unpaired) electrons. The number of urea groups is 1. The van der Waals surface area contributed by atoms with E-state index in [2.05, 4.69) is 10.6 Å². The molecule has 2 aromatic rings. The lowest BCUT2D eigenvalue weighted by molar-refractivity contribution is -0.143. The number of benzene rings is 1. The number of aryl methyl sites for hydroxylation is 1. The van der Waals surface area contributed by atoms with E-state index in [0.717, 1.165) is 12.1 Å². The van der Waals surface area contributed by atoms with Gasteiger partial charge in [-0.25, -0.2) is 9.59 Å². The summed E-state index contributed by atoms with van der Waals surface area (Å²) in [4.78, 5) is 37.0. The van der Waals surface area contributed by atoms with Gasteiger partial charge in [-0.3, -0.25) is 4.79 Å². The summed E-state index contributed by atoms with van der Waals surface area (Å²) in [5, 5.41) is 4.99. The summed E-state index contributed by atoms with van der Waals surface area (Å²) in [6.45, 7) is 2.85. The maximum absolute atomic E-state index is 12.9. The number of rotatable bonds is 7. The maximum Gasteiger partial charge on any atom is 0.416 e. The summed E-state index contributed by atoms with van der Waals surface area (Å²) in [6, 6.07) is 5.90. The van der Waals surface area contributed by atoms with Crippen molar-refractivity contribution in [1.82, 2.24) is 10.6 Å². The molecule has 33 heavy (non-hydrogen) atoms. The highest BCUT2D eigenvalue weighted by molar-refractivity contribution is 5.95. The number of furan rings is 1. The first-order chi connectivity index (χ1) is 15.6. The molecule has 0 aliphatic carbocycles. The summed E-state index contributed by atoms with van der Waals surface area (Å²) in [5.74, 6) is -0.774. The fourth-order valence-electron chi connectivity index (χ4n) is 3.23. The van der Waals surface area contributed by atoms with Crippen LogP contribution in [0, 0.1) is 6.92 Å². The van der Waals surface area contributed by atoms with E-state index in [-0.39, 0.29) is 29.2 Å². The van der Waals surface area contributed by atoms with E-state index >= 15 is 0 Å². The van der Waals surface area contributed by atoms with E-state index in [9.17, 15) is 27.6 Å². The summed E-state index contributed by atoms with van der Waals surface area (Å²) in [7, 11) is 0. The molecule has 8 nitrogen and oxygen atoms in total. The Morgan fingerprint density at radius 3 is 2.55 bits per heavy atom. The highest BCUT2D eigenvalue weighted by Gasteiger charge is 2.36. The molecule has 0 bridgehead atoms. The van der Waals surface area contributed by atoms with Gasteiger partial charge in [0.25, 0.3) is 0 Å². The van der Waals surface area contributed by atoms with E-state index in [1.807, 2.05) is 0 Å². The zero-order chi connectivity index (χ0) is 24.2. The van der Waals surface area contributed by atoms with E-state index in [0.29, 0.717) is 5.76 Å². The quantitative estimate of drug-likeness (QED) is 0.605. The maximum atomic E-state index is 12.9. The van der Waals surface area contributed by atoms with Crippen molar-refractivity contribution in [1.29, 1.82) is 0 Å². The molecule has 0 saturated heterocycles. The molecule has 176 valence electrons. The van der Waals surface area contributed by atoms with Crippen molar-refractivity contribution in [3.63, 3.8) is 0 Å². The lowest BCUT2D eigenvalue weighted by Crippen LogP contribution is -2.47. The molecule has 1 atom stereocenters. The molecule has 2 N–H and O–H groups in total. The minimum Gasteiger partial charge on any atom is -0.464 e. The Hall–Kier alpha value is -3.76. The van der Waals surface area contributed by atoms with Crippen molar-refractivity contribution in [3.8, 4) is 0 Å². The molecule has 1 aromatic carbocycles. The normalized spacial score (nSPS) is 16.2. The second kappa shape index (κ2) is 9.80. The number of carbonyl (C=O) groups excluding carboxylic acids is 3. The number of carbonyl (C=O) groups is 3. The number of esters is 2. The number of hydrogen-bond donors (Lipinski definition) is 2. The van der Waals surface area contributed by atoms with Crippen LogP contribution < -0.4 is 10.6 Å². The van der Waals surface area contributed by atoms with Gasteiger partial charge in [0.15, 0.2) is 0 Å². The summed E-state index contributed by atoms with van der Waals surface area (Å²) < 4.78 is 54.4. The first-order valence-electron chi connectivity index (χ1n) is 9.94. The third-order valence-electron chi connectivity index (χ3n) is 4.67. The Morgan fingerprint density at radius 2 is 1.91 bits per heavy atom. The smallest absolute Gasteiger partial charge is 0.416 e. The van der Waals surface area contributed by atoms with Gasteiger partial charge < -0.3 is 24.5 Å². The third-order valence-corrected chi connectivity index (χ3v) is 4.67. The van der Waals surface area contributed by atoms with Crippen LogP contribution in [0.15, 0.2) is 52.1 Å². The van der Waals surface area contributed by atoms with Crippen LogP contribution in [0.3, 0.4) is 0 Å². The molecule has 1 aromatic heterocycles. The van der Waals surface area contributed by atoms with Crippen LogP contribution in [-0.4, -0.2) is 31.2 Å². The van der Waals surface area contributed by atoms with Crippen molar-refractivity contribution in [2.24, 2.45) is 0 Å². The Labute approximate surface area is 186 Å². The number of nitrogens with one attached hydrogen (secondary N) is 2. The van der Waals surface area contributed by atoms with Crippen LogP contribution in [0.25, 0.3) is 0 Å². The minimum atomic E-state index is -4.54. The lowest BCUT2D eigenvalue weighted by atomic mass is 10.0. The van der Waals surface area contributed by atoms with E-state index < -0.39 is 48.8 Å². The number of ether oxygens (including phenoxy) is 2. The van der Waals surface area contributed by atoms with Gasteiger partial charge in [-0.2, -0.15) is 13.2 Å². The summed E-state index contributed by atoms with van der Waals surface area (Å²) >= 11 is 0. The molecule has 0 fully saturated rings. The van der Waals surface area contributed by atoms with Crippen LogP contribution in [0.4, 0.5) is 18.0 Å². The zero-order valence-corrected chi connectivity index (χ0v) is 17.7. The molecule has 0 saturated carbocycles. The van der Waals surface area contributed by atoms with Crippen molar-refractivity contribution in [3.05, 3.63) is 70.3 Å². The second-order valence-corrected chi connectivity index (χ2v) is 7.13. The van der Waals surface area contributed by atoms with Crippen molar-refractivity contribution in [2.75, 3.05) is 13.2 Å². The Morgan fingerprint density at radius 1 is 1.15 bits per heavy atom. The highest BCUT2D eigenvalue weighted by atomic mass is 19.4. The largest absolute Gasteiger partial charge is 0.464 e. The topological polar surface area (TPSA) is 107 Å². The van der Waals surface area contributed by atoms with Gasteiger partial charge >= 0.3 is 24.1 Å². The minimum absolute atomic E-state index is 0.0160. The van der Waals surface area contributed by atoms with Crippen molar-refractivity contribution in [2.45, 2.75) is 32.5 Å². The Balaban J connectivity index is 1.80. The molecule has 11 heteroatoms. The van der Waals surface area contributed by atoms with Crippen LogP contribution in [-0.2, 0) is 31.7 Å². The Bertz CT molecular complexity index is 1090. The first kappa shape index (κ1) is 23.9. The van der Waals surface area contributed by atoms with E-state index in [1.165, 1.54) is 12.1 Å². The van der Waals surface area contributed by atoms with E-state index in [1.54, 1.807) is 26.0 Å². The molecule has 2 amide bonds. The third kappa shape index (κ3) is 5.93. The van der Waals surface area contributed by atoms with Gasteiger partial charge in [-0.15, -0.1) is 0 Å². The first-order valence-corrected chi connectivity index (χ1v) is 9.94. The SMILES string of the molecule is CCOC(=O)C1=C(COC(=O)Cc2cccc(C(F)(F)F)c2)NC(=O)N[C@H]1c1ccc(C)o1. The van der Waals surface area contributed by atoms with Crippen molar-refractivity contribution >= 4 is 18.0 Å². The predicted molar refractivity (Wildman–Crippen MR) is 108 cm³/mol. The molecule has 2 heterocycles. The molecule has 0 unspecified atom stereocenters. The lowest BCUT2D eigenvalue weighted by Gasteiger charge is -2.27. The van der Waals surface area contributed by atoms with E-state index in [4.69, 9.17) is 13.9 Å². The van der Waals surface area contributed by atoms with Gasteiger partial charge in [-0.05, 0) is 37.6 Å². The van der Waals surface area contributed by atoms with Gasteiger partial charge in [0.05, 0.1) is 29.9 Å². The van der Waals surface area contributed by atoms with Crippen LogP contribution in [0.1, 0.15) is 35.6 Å². The average molecular weight is 466 g/mol. The zero-order valence-electron chi connectivity index (χ0n) is 17.7. The second-order valence-electron chi connectivity index (χ2n) is 7.13. The molecule has 3 rings (SSSR count). The fraction of sp³-hybridized carbons (Fsp3) is 0.318.